The standard InChI is InChI=1S/C28H33N3O2/c1-20-12-13-26(28(32)30-21(2)23-9-5-4-6-10-23)27(29-20)24-14-16-31(17-15-24)19-22-8-7-11-25(18-22)33-3/h4-13,18,21,24H,14-17,19H2,1-3H3,(H,30,32). The molecule has 1 amide bonds. The maximum atomic E-state index is 13.2. The van der Waals surface area contributed by atoms with E-state index >= 15 is 0 Å². The molecule has 0 spiro atoms. The number of benzene rings is 2. The Balaban J connectivity index is 1.43. The summed E-state index contributed by atoms with van der Waals surface area (Å²) in [4.78, 5) is 20.5. The molecule has 2 heterocycles. The van der Waals surface area contributed by atoms with Gasteiger partial charge in [-0.25, -0.2) is 0 Å². The SMILES string of the molecule is COc1cccc(CN2CCC(c3nc(C)ccc3C(=O)NC(C)c3ccccc3)CC2)c1. The maximum absolute atomic E-state index is 13.2. The number of ether oxygens (including phenoxy) is 1. The van der Waals surface area contributed by atoms with Crippen molar-refractivity contribution in [3.05, 3.63) is 94.8 Å². The summed E-state index contributed by atoms with van der Waals surface area (Å²) in [6.07, 6.45) is 1.99. The van der Waals surface area contributed by atoms with Crippen molar-refractivity contribution in [2.45, 2.75) is 45.2 Å². The van der Waals surface area contributed by atoms with Crippen molar-refractivity contribution in [3.8, 4) is 5.75 Å². The zero-order valence-electron chi connectivity index (χ0n) is 19.8. The second-order valence-corrected chi connectivity index (χ2v) is 8.89. The molecule has 1 unspecified atom stereocenters. The molecule has 4 rings (SSSR count). The van der Waals surface area contributed by atoms with Gasteiger partial charge < -0.3 is 10.1 Å². The number of hydrogen-bond donors (Lipinski definition) is 1. The number of nitrogens with one attached hydrogen (secondary N) is 1. The van der Waals surface area contributed by atoms with E-state index in [1.165, 1.54) is 5.56 Å². The van der Waals surface area contributed by atoms with E-state index in [1.807, 2.05) is 68.4 Å². The van der Waals surface area contributed by atoms with Gasteiger partial charge in [0.25, 0.3) is 5.91 Å². The van der Waals surface area contributed by atoms with Crippen molar-refractivity contribution in [1.29, 1.82) is 0 Å². The number of hydrogen-bond acceptors (Lipinski definition) is 4. The Labute approximate surface area is 196 Å². The molecule has 0 radical (unpaired) electrons. The number of methoxy groups -OCH3 is 1. The van der Waals surface area contributed by atoms with Gasteiger partial charge in [-0.1, -0.05) is 42.5 Å². The molecule has 33 heavy (non-hydrogen) atoms. The molecule has 5 heteroatoms. The Morgan fingerprint density at radius 1 is 1.09 bits per heavy atom. The molecule has 5 nitrogen and oxygen atoms in total. The molecule has 1 fully saturated rings. The van der Waals surface area contributed by atoms with Gasteiger partial charge in [-0.15, -0.1) is 0 Å². The molecule has 1 aromatic heterocycles. The highest BCUT2D eigenvalue weighted by Crippen LogP contribution is 2.30. The van der Waals surface area contributed by atoms with Gasteiger partial charge >= 0.3 is 0 Å². The predicted molar refractivity (Wildman–Crippen MR) is 132 cm³/mol. The Bertz CT molecular complexity index is 1080. The normalized spacial score (nSPS) is 15.7. The molecule has 1 saturated heterocycles. The molecule has 0 aliphatic carbocycles. The zero-order valence-corrected chi connectivity index (χ0v) is 19.8. The van der Waals surface area contributed by atoms with Gasteiger partial charge in [-0.05, 0) is 75.2 Å². The van der Waals surface area contributed by atoms with Crippen LogP contribution in [-0.2, 0) is 6.54 Å². The van der Waals surface area contributed by atoms with Crippen LogP contribution in [0.25, 0.3) is 0 Å². The summed E-state index contributed by atoms with van der Waals surface area (Å²) >= 11 is 0. The second-order valence-electron chi connectivity index (χ2n) is 8.89. The molecule has 3 aromatic rings. The Hall–Kier alpha value is -3.18. The molecule has 1 N–H and O–H groups in total. The summed E-state index contributed by atoms with van der Waals surface area (Å²) < 4.78 is 5.36. The average molecular weight is 444 g/mol. The third-order valence-electron chi connectivity index (χ3n) is 6.47. The second kappa shape index (κ2) is 10.6. The van der Waals surface area contributed by atoms with E-state index in [2.05, 4.69) is 22.3 Å². The summed E-state index contributed by atoms with van der Waals surface area (Å²) in [6, 6.07) is 22.1. The number of nitrogens with zero attached hydrogens (tertiary/aromatic N) is 2. The number of pyridine rings is 1. The number of carbonyl (C=O) groups is 1. The highest BCUT2D eigenvalue weighted by Gasteiger charge is 2.26. The van der Waals surface area contributed by atoms with Crippen molar-refractivity contribution >= 4 is 5.91 Å². The highest BCUT2D eigenvalue weighted by molar-refractivity contribution is 5.95. The van der Waals surface area contributed by atoms with Crippen LogP contribution in [0.4, 0.5) is 0 Å². The number of rotatable bonds is 7. The van der Waals surface area contributed by atoms with Crippen molar-refractivity contribution in [2.75, 3.05) is 20.2 Å². The van der Waals surface area contributed by atoms with Crippen molar-refractivity contribution < 1.29 is 9.53 Å². The summed E-state index contributed by atoms with van der Waals surface area (Å²) in [6.45, 7) is 6.90. The molecular weight excluding hydrogens is 410 g/mol. The first-order chi connectivity index (χ1) is 16.0. The first kappa shape index (κ1) is 23.0. The van der Waals surface area contributed by atoms with Crippen LogP contribution in [0.15, 0.2) is 66.7 Å². The molecule has 0 bridgehead atoms. The minimum Gasteiger partial charge on any atom is -0.497 e. The van der Waals surface area contributed by atoms with Crippen LogP contribution < -0.4 is 10.1 Å². The van der Waals surface area contributed by atoms with Gasteiger partial charge in [-0.2, -0.15) is 0 Å². The van der Waals surface area contributed by atoms with E-state index < -0.39 is 0 Å². The maximum Gasteiger partial charge on any atom is 0.253 e. The van der Waals surface area contributed by atoms with E-state index in [9.17, 15) is 4.79 Å². The van der Waals surface area contributed by atoms with E-state index in [0.29, 0.717) is 11.5 Å². The smallest absolute Gasteiger partial charge is 0.253 e. The quantitative estimate of drug-likeness (QED) is 0.541. The van der Waals surface area contributed by atoms with Gasteiger partial charge in [0.2, 0.25) is 0 Å². The third kappa shape index (κ3) is 5.79. The molecular formula is C28H33N3O2. The van der Waals surface area contributed by atoms with E-state index in [4.69, 9.17) is 9.72 Å². The molecule has 1 atom stereocenters. The van der Waals surface area contributed by atoms with Gasteiger partial charge in [0.05, 0.1) is 24.4 Å². The van der Waals surface area contributed by atoms with E-state index in [1.54, 1.807) is 7.11 Å². The molecule has 0 saturated carbocycles. The number of likely N-dealkylation sites (tertiary alicyclic amines) is 1. The van der Waals surface area contributed by atoms with Crippen molar-refractivity contribution in [2.24, 2.45) is 0 Å². The predicted octanol–water partition coefficient (Wildman–Crippen LogP) is 5.27. The number of amides is 1. The fraction of sp³-hybridized carbons (Fsp3) is 0.357. The van der Waals surface area contributed by atoms with Crippen LogP contribution in [0.3, 0.4) is 0 Å². The van der Waals surface area contributed by atoms with Gasteiger partial charge in [0.1, 0.15) is 5.75 Å². The largest absolute Gasteiger partial charge is 0.497 e. The van der Waals surface area contributed by atoms with Crippen LogP contribution in [0, 0.1) is 6.92 Å². The van der Waals surface area contributed by atoms with Crippen LogP contribution in [-0.4, -0.2) is 36.0 Å². The third-order valence-corrected chi connectivity index (χ3v) is 6.47. The first-order valence-electron chi connectivity index (χ1n) is 11.7. The molecule has 1 aliphatic rings. The highest BCUT2D eigenvalue weighted by atomic mass is 16.5. The van der Waals surface area contributed by atoms with E-state index in [-0.39, 0.29) is 11.9 Å². The number of aryl methyl sites for hydroxylation is 1. The average Bonchev–Trinajstić information content (AvgIpc) is 2.85. The lowest BCUT2D eigenvalue weighted by atomic mass is 9.89. The lowest BCUT2D eigenvalue weighted by Crippen LogP contribution is -2.34. The molecule has 1 aliphatic heterocycles. The van der Waals surface area contributed by atoms with Gasteiger partial charge in [0.15, 0.2) is 0 Å². The van der Waals surface area contributed by atoms with Crippen LogP contribution in [0.2, 0.25) is 0 Å². The summed E-state index contributed by atoms with van der Waals surface area (Å²) in [7, 11) is 1.70. The first-order valence-corrected chi connectivity index (χ1v) is 11.7. The minimum absolute atomic E-state index is 0.0485. The summed E-state index contributed by atoms with van der Waals surface area (Å²) in [5.74, 6) is 1.14. The Morgan fingerprint density at radius 3 is 2.58 bits per heavy atom. The van der Waals surface area contributed by atoms with Crippen LogP contribution in [0.1, 0.15) is 64.6 Å². The lowest BCUT2D eigenvalue weighted by Gasteiger charge is -2.32. The topological polar surface area (TPSA) is 54.5 Å². The molecule has 172 valence electrons. The fourth-order valence-electron chi connectivity index (χ4n) is 4.57. The lowest BCUT2D eigenvalue weighted by molar-refractivity contribution is 0.0937. The number of aromatic nitrogens is 1. The Kier molecular flexibility index (Phi) is 7.40. The zero-order chi connectivity index (χ0) is 23.2. The number of piperidine rings is 1. The molecule has 2 aromatic carbocycles. The van der Waals surface area contributed by atoms with Crippen molar-refractivity contribution in [1.82, 2.24) is 15.2 Å². The monoisotopic (exact) mass is 443 g/mol. The van der Waals surface area contributed by atoms with Gasteiger partial charge in [0, 0.05) is 18.2 Å². The minimum atomic E-state index is -0.0578. The van der Waals surface area contributed by atoms with E-state index in [0.717, 1.165) is 55.2 Å². The fourth-order valence-corrected chi connectivity index (χ4v) is 4.57. The van der Waals surface area contributed by atoms with Gasteiger partial charge in [-0.3, -0.25) is 14.7 Å². The summed E-state index contributed by atoms with van der Waals surface area (Å²) in [5.41, 5.74) is 4.95. The van der Waals surface area contributed by atoms with Crippen LogP contribution in [0.5, 0.6) is 5.75 Å². The van der Waals surface area contributed by atoms with Crippen LogP contribution >= 0.6 is 0 Å². The summed E-state index contributed by atoms with van der Waals surface area (Å²) in [5, 5.41) is 3.16. The number of carbonyl (C=O) groups excluding carboxylic acids is 1. The Morgan fingerprint density at radius 2 is 1.85 bits per heavy atom. The van der Waals surface area contributed by atoms with Crippen molar-refractivity contribution in [3.63, 3.8) is 0 Å².